The van der Waals surface area contributed by atoms with Crippen molar-refractivity contribution in [2.45, 2.75) is 245 Å². The van der Waals surface area contributed by atoms with Crippen molar-refractivity contribution in [2.75, 3.05) is 39.5 Å². The first-order valence-electron chi connectivity index (χ1n) is 25.5. The second kappa shape index (κ2) is 45.4. The lowest BCUT2D eigenvalue weighted by atomic mass is 10.1. The van der Waals surface area contributed by atoms with Crippen molar-refractivity contribution < 1.29 is 62.5 Å². The van der Waals surface area contributed by atoms with E-state index in [4.69, 9.17) is 28.4 Å². The maximum absolute atomic E-state index is 12.8. The molecular weight excluding hydrogens is 807 g/mol. The summed E-state index contributed by atoms with van der Waals surface area (Å²) in [5, 5.41) is 2.00. The summed E-state index contributed by atoms with van der Waals surface area (Å²) in [6, 6.07) is 0. The van der Waals surface area contributed by atoms with Crippen molar-refractivity contribution >= 4 is 35.8 Å². The molecule has 0 aliphatic heterocycles. The molecule has 63 heavy (non-hydrogen) atoms. The van der Waals surface area contributed by atoms with Gasteiger partial charge in [0.1, 0.15) is 26.4 Å². The van der Waals surface area contributed by atoms with Gasteiger partial charge >= 0.3 is 35.8 Å². The average Bonchev–Trinajstić information content (AvgIpc) is 3.27. The van der Waals surface area contributed by atoms with Gasteiger partial charge in [0.25, 0.3) is 0 Å². The summed E-state index contributed by atoms with van der Waals surface area (Å²) in [5.41, 5.74) is 0. The normalized spacial score (nSPS) is 11.1. The predicted octanol–water partition coefficient (Wildman–Crippen LogP) is 10.1. The lowest BCUT2D eigenvalue weighted by molar-refractivity contribution is -0.655. The molecule has 0 fully saturated rings. The zero-order valence-electron chi connectivity index (χ0n) is 40.5. The highest BCUT2D eigenvalue weighted by molar-refractivity contribution is 5.72. The third-order valence-corrected chi connectivity index (χ3v) is 10.8. The quantitative estimate of drug-likeness (QED) is 0.0348. The van der Waals surface area contributed by atoms with Crippen LogP contribution in [0.25, 0.3) is 0 Å². The zero-order chi connectivity index (χ0) is 46.4. The molecule has 13 heteroatoms. The lowest BCUT2D eigenvalue weighted by Crippen LogP contribution is -2.84. The number of carbonyl (C=O) groups excluding carboxylic acids is 6. The van der Waals surface area contributed by atoms with Gasteiger partial charge in [0.05, 0.1) is 25.9 Å². The molecule has 0 aliphatic carbocycles. The average molecular weight is 899 g/mol. The van der Waals surface area contributed by atoms with Gasteiger partial charge in [-0.15, -0.1) is 0 Å². The topological polar surface area (TPSA) is 174 Å². The number of quaternary nitrogens is 1. The molecule has 0 spiro atoms. The molecule has 0 rings (SSSR count). The molecule has 0 aliphatic rings. The molecule has 0 atom stereocenters. The van der Waals surface area contributed by atoms with Crippen molar-refractivity contribution in [2.24, 2.45) is 0 Å². The molecule has 0 heterocycles. The van der Waals surface area contributed by atoms with E-state index in [1.54, 1.807) is 0 Å². The van der Waals surface area contributed by atoms with E-state index in [1.807, 2.05) is 5.32 Å². The molecule has 0 unspecified atom stereocenters. The molecule has 2 N–H and O–H groups in total. The third-order valence-electron chi connectivity index (χ3n) is 10.8. The van der Waals surface area contributed by atoms with Crippen LogP contribution in [0.4, 0.5) is 0 Å². The van der Waals surface area contributed by atoms with E-state index >= 15 is 0 Å². The fraction of sp³-hybridized carbons (Fsp3) is 0.880. The fourth-order valence-electron chi connectivity index (χ4n) is 6.88. The third kappa shape index (κ3) is 42.5. The van der Waals surface area contributed by atoms with E-state index in [-0.39, 0.29) is 63.1 Å². The highest BCUT2D eigenvalue weighted by Gasteiger charge is 2.21. The first kappa shape index (κ1) is 59.8. The minimum atomic E-state index is -0.883. The number of hydrogen-bond donors (Lipinski definition) is 1. The molecular formula is C50H92NO12+. The van der Waals surface area contributed by atoms with Crippen LogP contribution in [0, 0.1) is 0 Å². The Hall–Kier alpha value is -3.22. The molecule has 0 aromatic rings. The Balaban J connectivity index is 4.77. The zero-order valence-corrected chi connectivity index (χ0v) is 40.5. The van der Waals surface area contributed by atoms with Gasteiger partial charge in [0, 0.05) is 38.5 Å². The Morgan fingerprint density at radius 3 is 0.778 bits per heavy atom. The number of nitrogens with two attached hydrogens (primary N) is 1. The monoisotopic (exact) mass is 899 g/mol. The summed E-state index contributed by atoms with van der Waals surface area (Å²) in [5.74, 6) is -2.37. The highest BCUT2D eigenvalue weighted by atomic mass is 16.6. The van der Waals surface area contributed by atoms with Crippen molar-refractivity contribution in [3.05, 3.63) is 0 Å². The number of ether oxygens (including phenoxy) is 6. The second-order valence-corrected chi connectivity index (χ2v) is 17.1. The van der Waals surface area contributed by atoms with Crippen LogP contribution in [0.3, 0.4) is 0 Å². The summed E-state index contributed by atoms with van der Waals surface area (Å²) in [6.07, 6.45) is 25.8. The molecule has 368 valence electrons. The van der Waals surface area contributed by atoms with Gasteiger partial charge in [-0.3, -0.25) is 28.8 Å². The SMILES string of the molecule is CCCCCCCCC(=O)OCC(COC(=O)CCCCCCCC)OC(=O)CCC[NH2+]CCCC(=O)OC(COC(=O)CCCCCCCC)COC(=O)CCCCCCCC. The summed E-state index contributed by atoms with van der Waals surface area (Å²) >= 11 is 0. The smallest absolute Gasteiger partial charge is 0.306 e. The number of esters is 6. The fourth-order valence-corrected chi connectivity index (χ4v) is 6.88. The van der Waals surface area contributed by atoms with Crippen molar-refractivity contribution in [1.29, 1.82) is 0 Å². The Bertz CT molecular complexity index is 998. The Labute approximate surface area is 382 Å². The van der Waals surface area contributed by atoms with Gasteiger partial charge in [-0.05, 0) is 25.7 Å². The van der Waals surface area contributed by atoms with Crippen molar-refractivity contribution in [3.8, 4) is 0 Å². The summed E-state index contributed by atoms with van der Waals surface area (Å²) in [6.45, 7) is 9.19. The molecule has 0 saturated carbocycles. The van der Waals surface area contributed by atoms with Crippen LogP contribution in [-0.2, 0) is 57.2 Å². The first-order chi connectivity index (χ1) is 30.6. The Morgan fingerprint density at radius 2 is 0.524 bits per heavy atom. The van der Waals surface area contributed by atoms with E-state index < -0.39 is 24.1 Å². The summed E-state index contributed by atoms with van der Waals surface area (Å²) < 4.78 is 32.9. The van der Waals surface area contributed by atoms with Gasteiger partial charge in [0.2, 0.25) is 0 Å². The van der Waals surface area contributed by atoms with Crippen LogP contribution in [0.5, 0.6) is 0 Å². The maximum Gasteiger partial charge on any atom is 0.306 e. The van der Waals surface area contributed by atoms with Crippen LogP contribution in [-0.4, -0.2) is 87.5 Å². The minimum Gasteiger partial charge on any atom is -0.462 e. The van der Waals surface area contributed by atoms with Crippen LogP contribution >= 0.6 is 0 Å². The molecule has 13 nitrogen and oxygen atoms in total. The van der Waals surface area contributed by atoms with Crippen molar-refractivity contribution in [1.82, 2.24) is 0 Å². The van der Waals surface area contributed by atoms with E-state index in [0.29, 0.717) is 51.6 Å². The summed E-state index contributed by atoms with van der Waals surface area (Å²) in [7, 11) is 0. The minimum absolute atomic E-state index is 0.128. The van der Waals surface area contributed by atoms with Crippen LogP contribution in [0.2, 0.25) is 0 Å². The largest absolute Gasteiger partial charge is 0.462 e. The number of hydrogen-bond acceptors (Lipinski definition) is 12. The molecule has 0 radical (unpaired) electrons. The van der Waals surface area contributed by atoms with E-state index in [9.17, 15) is 28.8 Å². The van der Waals surface area contributed by atoms with Gasteiger partial charge in [-0.2, -0.15) is 0 Å². The standard InChI is InChI=1S/C50H91NO12/c1-5-9-13-17-21-25-31-45(52)58-39-43(40-59-46(53)32-26-22-18-14-10-6-2)62-49(56)35-29-37-51-38-30-36-50(57)63-44(41-60-47(54)33-27-23-19-15-11-7-3)42-61-48(55)34-28-24-20-16-12-8-4/h43-44,51H,5-42H2,1-4H3/p+1. The van der Waals surface area contributed by atoms with Gasteiger partial charge in [-0.25, -0.2) is 0 Å². The van der Waals surface area contributed by atoms with Crippen LogP contribution in [0.15, 0.2) is 0 Å². The van der Waals surface area contributed by atoms with Crippen LogP contribution in [0.1, 0.15) is 233 Å². The van der Waals surface area contributed by atoms with E-state index in [1.165, 1.54) is 25.7 Å². The lowest BCUT2D eigenvalue weighted by Gasteiger charge is -2.18. The molecule has 0 aromatic heterocycles. The second-order valence-electron chi connectivity index (χ2n) is 17.1. The Kier molecular flexibility index (Phi) is 43.0. The Morgan fingerprint density at radius 1 is 0.302 bits per heavy atom. The number of rotatable bonds is 46. The predicted molar refractivity (Wildman–Crippen MR) is 246 cm³/mol. The highest BCUT2D eigenvalue weighted by Crippen LogP contribution is 2.12. The molecule has 0 aromatic carbocycles. The van der Waals surface area contributed by atoms with E-state index in [2.05, 4.69) is 27.7 Å². The number of carbonyl (C=O) groups is 6. The van der Waals surface area contributed by atoms with Gasteiger partial charge in [-0.1, -0.05) is 156 Å². The summed E-state index contributed by atoms with van der Waals surface area (Å²) in [4.78, 5) is 75.1. The number of unbranched alkanes of at least 4 members (excludes halogenated alkanes) is 20. The molecule has 0 bridgehead atoms. The first-order valence-corrected chi connectivity index (χ1v) is 25.5. The van der Waals surface area contributed by atoms with Gasteiger partial charge < -0.3 is 33.7 Å². The molecule has 0 amide bonds. The van der Waals surface area contributed by atoms with Crippen LogP contribution < -0.4 is 5.32 Å². The van der Waals surface area contributed by atoms with E-state index in [0.717, 1.165) is 128 Å². The van der Waals surface area contributed by atoms with Gasteiger partial charge in [0.15, 0.2) is 12.2 Å². The molecule has 0 saturated heterocycles. The maximum atomic E-state index is 12.8. The van der Waals surface area contributed by atoms with Crippen molar-refractivity contribution in [3.63, 3.8) is 0 Å².